The molecule has 1 aromatic heterocycles. The fraction of sp³-hybridized carbons (Fsp3) is 0.153. The summed E-state index contributed by atoms with van der Waals surface area (Å²) >= 11 is 0. The molecule has 5 aliphatic carbocycles. The van der Waals surface area contributed by atoms with Crippen LogP contribution in [0.25, 0.3) is 38.6 Å². The minimum atomic E-state index is -0.386. The second-order valence-corrected chi connectivity index (χ2v) is 17.9. The van der Waals surface area contributed by atoms with Crippen molar-refractivity contribution in [2.75, 3.05) is 0 Å². The molecule has 0 bridgehead atoms. The summed E-state index contributed by atoms with van der Waals surface area (Å²) in [4.78, 5) is 0. The van der Waals surface area contributed by atoms with Crippen molar-refractivity contribution in [1.29, 1.82) is 0 Å². The van der Waals surface area contributed by atoms with Crippen LogP contribution in [-0.2, 0) is 5.41 Å². The summed E-state index contributed by atoms with van der Waals surface area (Å²) in [5.41, 5.74) is 20.5. The SMILES string of the molecule is CC1C=C(C2=C3C=CC=CC3CC(c3ccc(C4C=CC5=C(C4)C4(c6ccccc6-c6ccccc64)c4ccc6c(oc7ccccc76)c45)cc3)N2)C=CC1c1ccccc1. The molecule has 5 atom stereocenters. The van der Waals surface area contributed by atoms with Crippen LogP contribution in [0.3, 0.4) is 0 Å². The van der Waals surface area contributed by atoms with Crippen LogP contribution in [-0.4, -0.2) is 0 Å². The lowest BCUT2D eigenvalue weighted by Crippen LogP contribution is -2.32. The molecule has 6 aliphatic rings. The summed E-state index contributed by atoms with van der Waals surface area (Å²) < 4.78 is 6.82. The van der Waals surface area contributed by atoms with Gasteiger partial charge in [-0.05, 0) is 91.6 Å². The molecule has 5 unspecified atom stereocenters. The van der Waals surface area contributed by atoms with Crippen LogP contribution in [0.15, 0.2) is 221 Å². The molecule has 1 aliphatic heterocycles. The molecule has 2 heterocycles. The zero-order valence-electron chi connectivity index (χ0n) is 34.2. The molecular formula is C59H45NO. The topological polar surface area (TPSA) is 25.2 Å². The second-order valence-electron chi connectivity index (χ2n) is 17.9. The molecule has 292 valence electrons. The van der Waals surface area contributed by atoms with Crippen molar-refractivity contribution in [2.45, 2.75) is 43.1 Å². The van der Waals surface area contributed by atoms with E-state index in [0.29, 0.717) is 17.8 Å². The number of para-hydroxylation sites is 1. The highest BCUT2D eigenvalue weighted by Gasteiger charge is 2.54. The van der Waals surface area contributed by atoms with Crippen LogP contribution in [0.2, 0.25) is 0 Å². The van der Waals surface area contributed by atoms with Gasteiger partial charge in [-0.3, -0.25) is 0 Å². The van der Waals surface area contributed by atoms with E-state index < -0.39 is 0 Å². The van der Waals surface area contributed by atoms with Crippen LogP contribution < -0.4 is 5.32 Å². The Hall–Kier alpha value is -6.90. The van der Waals surface area contributed by atoms with Crippen LogP contribution in [0.1, 0.15) is 76.6 Å². The molecule has 1 spiro atoms. The van der Waals surface area contributed by atoms with Crippen LogP contribution in [0, 0.1) is 11.8 Å². The van der Waals surface area contributed by atoms with Gasteiger partial charge in [0, 0.05) is 39.8 Å². The van der Waals surface area contributed by atoms with E-state index >= 15 is 0 Å². The minimum Gasteiger partial charge on any atom is -0.455 e. The maximum Gasteiger partial charge on any atom is 0.143 e. The van der Waals surface area contributed by atoms with Crippen molar-refractivity contribution in [3.8, 4) is 11.1 Å². The molecule has 0 fully saturated rings. The van der Waals surface area contributed by atoms with Crippen LogP contribution in [0.5, 0.6) is 0 Å². The lowest BCUT2D eigenvalue weighted by atomic mass is 9.66. The minimum absolute atomic E-state index is 0.215. The Balaban J connectivity index is 0.861. The summed E-state index contributed by atoms with van der Waals surface area (Å²) in [6.45, 7) is 2.36. The predicted molar refractivity (Wildman–Crippen MR) is 250 cm³/mol. The molecule has 0 saturated heterocycles. The zero-order valence-corrected chi connectivity index (χ0v) is 34.2. The van der Waals surface area contributed by atoms with E-state index in [2.05, 4.69) is 206 Å². The first-order valence-electron chi connectivity index (χ1n) is 22.1. The maximum absolute atomic E-state index is 6.82. The number of furan rings is 1. The maximum atomic E-state index is 6.82. The van der Waals surface area contributed by atoms with Crippen LogP contribution in [0.4, 0.5) is 0 Å². The van der Waals surface area contributed by atoms with E-state index in [0.717, 1.165) is 24.0 Å². The quantitative estimate of drug-likeness (QED) is 0.192. The number of hydrogen-bond acceptors (Lipinski definition) is 2. The second kappa shape index (κ2) is 13.3. The van der Waals surface area contributed by atoms with E-state index in [4.69, 9.17) is 4.42 Å². The van der Waals surface area contributed by atoms with E-state index in [9.17, 15) is 0 Å². The average molecular weight is 784 g/mol. The Morgan fingerprint density at radius 3 is 2.13 bits per heavy atom. The van der Waals surface area contributed by atoms with Gasteiger partial charge in [0.05, 0.1) is 11.5 Å². The fourth-order valence-electron chi connectivity index (χ4n) is 12.1. The fourth-order valence-corrected chi connectivity index (χ4v) is 12.1. The summed E-state index contributed by atoms with van der Waals surface area (Å²) in [7, 11) is 0. The van der Waals surface area contributed by atoms with Crippen molar-refractivity contribution in [3.05, 3.63) is 256 Å². The third kappa shape index (κ3) is 5.03. The van der Waals surface area contributed by atoms with Gasteiger partial charge in [-0.25, -0.2) is 0 Å². The first kappa shape index (κ1) is 34.9. The normalized spacial score (nSPS) is 23.8. The predicted octanol–water partition coefficient (Wildman–Crippen LogP) is 14.4. The van der Waals surface area contributed by atoms with Crippen molar-refractivity contribution in [3.63, 3.8) is 0 Å². The Bertz CT molecular complexity index is 3150. The summed E-state index contributed by atoms with van der Waals surface area (Å²) in [5, 5.41) is 6.44. The number of nitrogens with one attached hydrogen (secondary N) is 1. The molecule has 7 aromatic rings. The van der Waals surface area contributed by atoms with Crippen molar-refractivity contribution in [2.24, 2.45) is 11.8 Å². The zero-order chi connectivity index (χ0) is 40.2. The van der Waals surface area contributed by atoms with Crippen molar-refractivity contribution >= 4 is 27.5 Å². The monoisotopic (exact) mass is 783 g/mol. The smallest absolute Gasteiger partial charge is 0.143 e. The third-order valence-corrected chi connectivity index (χ3v) is 14.8. The van der Waals surface area contributed by atoms with Gasteiger partial charge >= 0.3 is 0 Å². The Kier molecular flexibility index (Phi) is 7.61. The first-order chi connectivity index (χ1) is 30.1. The summed E-state index contributed by atoms with van der Waals surface area (Å²) in [6.07, 6.45) is 23.2. The van der Waals surface area contributed by atoms with E-state index in [-0.39, 0.29) is 17.4 Å². The van der Waals surface area contributed by atoms with E-state index in [1.807, 2.05) is 0 Å². The third-order valence-electron chi connectivity index (χ3n) is 14.8. The molecule has 2 nitrogen and oxygen atoms in total. The van der Waals surface area contributed by atoms with Crippen molar-refractivity contribution < 1.29 is 4.42 Å². The summed E-state index contributed by atoms with van der Waals surface area (Å²) in [5.74, 6) is 1.41. The van der Waals surface area contributed by atoms with Gasteiger partial charge in [0.15, 0.2) is 0 Å². The highest BCUT2D eigenvalue weighted by molar-refractivity contribution is 6.12. The lowest BCUT2D eigenvalue weighted by Gasteiger charge is -2.36. The molecule has 0 saturated carbocycles. The van der Waals surface area contributed by atoms with Crippen LogP contribution >= 0.6 is 0 Å². The van der Waals surface area contributed by atoms with E-state index in [1.54, 1.807) is 0 Å². The van der Waals surface area contributed by atoms with Gasteiger partial charge in [0.25, 0.3) is 0 Å². The lowest BCUT2D eigenvalue weighted by molar-refractivity contribution is 0.466. The molecule has 0 amide bonds. The number of hydrogen-bond donors (Lipinski definition) is 1. The van der Waals surface area contributed by atoms with Gasteiger partial charge in [-0.2, -0.15) is 0 Å². The Morgan fingerprint density at radius 1 is 0.590 bits per heavy atom. The molecular weight excluding hydrogens is 739 g/mol. The standard InChI is InChI=1S/C59H45NO/c1-36-33-42(28-29-43(36)38-13-3-2-4-14-38)57-44-16-6-5-15-41(44)35-54(60-57)39-25-23-37(24-26-39)40-27-30-49-53(34-40)59(50-20-10-7-17-45(50)46-18-8-11-21-51(46)59)52-32-31-48-47-19-9-12-22-55(47)61-58(48)56(49)52/h2-33,36,40-41,43,54,60H,34-35H2,1H3. The van der Waals surface area contributed by atoms with Gasteiger partial charge in [-0.1, -0.05) is 195 Å². The van der Waals surface area contributed by atoms with E-state index in [1.165, 1.54) is 88.8 Å². The van der Waals surface area contributed by atoms with Gasteiger partial charge in [-0.15, -0.1) is 0 Å². The largest absolute Gasteiger partial charge is 0.455 e. The van der Waals surface area contributed by atoms with Gasteiger partial charge in [0.2, 0.25) is 0 Å². The molecule has 13 rings (SSSR count). The number of rotatable bonds is 4. The Morgan fingerprint density at radius 2 is 1.33 bits per heavy atom. The molecule has 1 N–H and O–H groups in total. The van der Waals surface area contributed by atoms with Gasteiger partial charge in [0.1, 0.15) is 11.2 Å². The number of allylic oxidation sites excluding steroid dienone is 12. The Labute approximate surface area is 357 Å². The molecule has 0 radical (unpaired) electrons. The highest BCUT2D eigenvalue weighted by atomic mass is 16.3. The summed E-state index contributed by atoms with van der Waals surface area (Å²) in [6, 6.07) is 52.2. The molecule has 61 heavy (non-hydrogen) atoms. The molecule has 2 heteroatoms. The number of benzene rings is 6. The first-order valence-corrected chi connectivity index (χ1v) is 22.1. The van der Waals surface area contributed by atoms with Crippen molar-refractivity contribution in [1.82, 2.24) is 5.32 Å². The highest BCUT2D eigenvalue weighted by Crippen LogP contribution is 2.65. The number of fused-ring (bicyclic) bond motifs is 14. The average Bonchev–Trinajstić information content (AvgIpc) is 3.95. The van der Waals surface area contributed by atoms with Gasteiger partial charge < -0.3 is 9.73 Å². The molecule has 6 aromatic carbocycles.